The van der Waals surface area contributed by atoms with E-state index in [-0.39, 0.29) is 5.78 Å². The van der Waals surface area contributed by atoms with Gasteiger partial charge in [0.05, 0.1) is 0 Å². The SMILES string of the molecule is O=C1C=CC(c2ccccc2)=C1c1ccccc1. The maximum absolute atomic E-state index is 12.0. The number of carbonyl (C=O) groups excluding carboxylic acids is 1. The third-order valence-electron chi connectivity index (χ3n) is 3.06. The molecule has 2 aromatic rings. The molecule has 0 unspecified atom stereocenters. The first-order valence-electron chi connectivity index (χ1n) is 5.94. The van der Waals surface area contributed by atoms with Crippen LogP contribution in [0.5, 0.6) is 0 Å². The summed E-state index contributed by atoms with van der Waals surface area (Å²) in [6.45, 7) is 0. The van der Waals surface area contributed by atoms with Gasteiger partial charge in [-0.2, -0.15) is 0 Å². The molecular weight excluding hydrogens is 220 g/mol. The van der Waals surface area contributed by atoms with Gasteiger partial charge in [0.15, 0.2) is 5.78 Å². The maximum Gasteiger partial charge on any atom is 0.187 e. The number of carbonyl (C=O) groups is 1. The third-order valence-corrected chi connectivity index (χ3v) is 3.06. The highest BCUT2D eigenvalue weighted by molar-refractivity contribution is 6.37. The van der Waals surface area contributed by atoms with Crippen LogP contribution < -0.4 is 0 Å². The van der Waals surface area contributed by atoms with E-state index in [0.29, 0.717) is 0 Å². The number of benzene rings is 2. The summed E-state index contributed by atoms with van der Waals surface area (Å²) in [5, 5.41) is 0. The first kappa shape index (κ1) is 10.7. The zero-order chi connectivity index (χ0) is 12.4. The Hall–Kier alpha value is -2.41. The Kier molecular flexibility index (Phi) is 2.66. The van der Waals surface area contributed by atoms with E-state index < -0.39 is 0 Å². The zero-order valence-corrected chi connectivity index (χ0v) is 9.84. The molecular formula is C17H12O. The van der Waals surface area contributed by atoms with Crippen LogP contribution in [0.25, 0.3) is 11.1 Å². The Balaban J connectivity index is 2.18. The van der Waals surface area contributed by atoms with Crippen LogP contribution >= 0.6 is 0 Å². The van der Waals surface area contributed by atoms with E-state index in [4.69, 9.17) is 0 Å². The number of allylic oxidation sites excluding steroid dienone is 4. The van der Waals surface area contributed by atoms with Crippen molar-refractivity contribution in [3.63, 3.8) is 0 Å². The fraction of sp³-hybridized carbons (Fsp3) is 0. The van der Waals surface area contributed by atoms with Crippen LogP contribution in [0.2, 0.25) is 0 Å². The molecule has 0 saturated heterocycles. The minimum absolute atomic E-state index is 0.0834. The molecule has 18 heavy (non-hydrogen) atoms. The molecule has 0 fully saturated rings. The molecule has 0 radical (unpaired) electrons. The van der Waals surface area contributed by atoms with Crippen LogP contribution in [0.3, 0.4) is 0 Å². The van der Waals surface area contributed by atoms with Gasteiger partial charge in [-0.25, -0.2) is 0 Å². The first-order chi connectivity index (χ1) is 8.86. The Bertz CT molecular complexity index is 592. The monoisotopic (exact) mass is 232 g/mol. The average Bonchev–Trinajstić information content (AvgIpc) is 2.83. The van der Waals surface area contributed by atoms with Crippen molar-refractivity contribution in [1.82, 2.24) is 0 Å². The van der Waals surface area contributed by atoms with Crippen LogP contribution in [0.1, 0.15) is 11.1 Å². The fourth-order valence-corrected chi connectivity index (χ4v) is 2.22. The van der Waals surface area contributed by atoms with Crippen LogP contribution in [0, 0.1) is 0 Å². The highest BCUT2D eigenvalue weighted by Gasteiger charge is 2.19. The van der Waals surface area contributed by atoms with Crippen molar-refractivity contribution >= 4 is 16.9 Å². The Morgan fingerprint density at radius 1 is 0.611 bits per heavy atom. The van der Waals surface area contributed by atoms with E-state index in [1.165, 1.54) is 0 Å². The second-order valence-corrected chi connectivity index (χ2v) is 4.22. The Morgan fingerprint density at radius 2 is 1.17 bits per heavy atom. The molecule has 0 aliphatic heterocycles. The highest BCUT2D eigenvalue weighted by atomic mass is 16.1. The minimum Gasteiger partial charge on any atom is -0.289 e. The van der Waals surface area contributed by atoms with Gasteiger partial charge < -0.3 is 0 Å². The average molecular weight is 232 g/mol. The second kappa shape index (κ2) is 4.46. The zero-order valence-electron chi connectivity index (χ0n) is 9.84. The van der Waals surface area contributed by atoms with Gasteiger partial charge in [-0.15, -0.1) is 0 Å². The molecule has 0 heterocycles. The predicted molar refractivity (Wildman–Crippen MR) is 73.8 cm³/mol. The Labute approximate surface area is 106 Å². The fourth-order valence-electron chi connectivity index (χ4n) is 2.22. The van der Waals surface area contributed by atoms with Crippen molar-refractivity contribution in [2.75, 3.05) is 0 Å². The largest absolute Gasteiger partial charge is 0.289 e. The molecule has 0 saturated carbocycles. The molecule has 1 aliphatic carbocycles. The molecule has 3 rings (SSSR count). The van der Waals surface area contributed by atoms with Gasteiger partial charge in [0.2, 0.25) is 0 Å². The number of hydrogen-bond donors (Lipinski definition) is 0. The van der Waals surface area contributed by atoms with Gasteiger partial charge in [0, 0.05) is 5.57 Å². The lowest BCUT2D eigenvalue weighted by molar-refractivity contribution is -0.109. The summed E-state index contributed by atoms with van der Waals surface area (Å²) < 4.78 is 0. The lowest BCUT2D eigenvalue weighted by Crippen LogP contribution is -1.95. The highest BCUT2D eigenvalue weighted by Crippen LogP contribution is 2.32. The summed E-state index contributed by atoms with van der Waals surface area (Å²) in [7, 11) is 0. The molecule has 0 atom stereocenters. The lowest BCUT2D eigenvalue weighted by Gasteiger charge is -2.06. The van der Waals surface area contributed by atoms with Crippen molar-refractivity contribution < 1.29 is 4.79 Å². The number of ketones is 1. The molecule has 0 amide bonds. The topological polar surface area (TPSA) is 17.1 Å². The van der Waals surface area contributed by atoms with Crippen LogP contribution in [-0.2, 0) is 4.79 Å². The molecule has 0 bridgehead atoms. The van der Waals surface area contributed by atoms with E-state index in [2.05, 4.69) is 0 Å². The van der Waals surface area contributed by atoms with Crippen LogP contribution in [-0.4, -0.2) is 5.78 Å². The molecule has 1 aliphatic rings. The number of hydrogen-bond acceptors (Lipinski definition) is 1. The summed E-state index contributed by atoms with van der Waals surface area (Å²) >= 11 is 0. The Morgan fingerprint density at radius 3 is 1.78 bits per heavy atom. The maximum atomic E-state index is 12.0. The quantitative estimate of drug-likeness (QED) is 0.771. The summed E-state index contributed by atoms with van der Waals surface area (Å²) in [5.41, 5.74) is 3.86. The van der Waals surface area contributed by atoms with Crippen LogP contribution in [0.15, 0.2) is 72.8 Å². The molecule has 0 N–H and O–H groups in total. The molecule has 0 aromatic heterocycles. The van der Waals surface area contributed by atoms with Gasteiger partial charge in [-0.05, 0) is 28.9 Å². The molecule has 0 spiro atoms. The van der Waals surface area contributed by atoms with Gasteiger partial charge >= 0.3 is 0 Å². The van der Waals surface area contributed by atoms with Crippen molar-refractivity contribution in [2.45, 2.75) is 0 Å². The van der Waals surface area contributed by atoms with Gasteiger partial charge in [-0.3, -0.25) is 4.79 Å². The van der Waals surface area contributed by atoms with Crippen molar-refractivity contribution in [2.24, 2.45) is 0 Å². The summed E-state index contributed by atoms with van der Waals surface area (Å²) in [4.78, 5) is 12.0. The standard InChI is InChI=1S/C17H12O/c18-16-12-11-15(13-7-3-1-4-8-13)17(16)14-9-5-2-6-10-14/h1-12H. The van der Waals surface area contributed by atoms with Crippen molar-refractivity contribution in [3.05, 3.63) is 83.9 Å². The number of rotatable bonds is 2. The summed E-state index contributed by atoms with van der Waals surface area (Å²) in [6, 6.07) is 19.8. The van der Waals surface area contributed by atoms with E-state index in [9.17, 15) is 4.79 Å². The molecule has 86 valence electrons. The van der Waals surface area contributed by atoms with Crippen molar-refractivity contribution in [3.8, 4) is 0 Å². The van der Waals surface area contributed by atoms with Crippen molar-refractivity contribution in [1.29, 1.82) is 0 Å². The van der Waals surface area contributed by atoms with E-state index in [1.54, 1.807) is 6.08 Å². The molecule has 2 aromatic carbocycles. The van der Waals surface area contributed by atoms with E-state index in [1.807, 2.05) is 66.7 Å². The normalized spacial score (nSPS) is 14.3. The summed E-state index contributed by atoms with van der Waals surface area (Å²) in [6.07, 6.45) is 3.55. The summed E-state index contributed by atoms with van der Waals surface area (Å²) in [5.74, 6) is 0.0834. The van der Waals surface area contributed by atoms with Gasteiger partial charge in [0.1, 0.15) is 0 Å². The smallest absolute Gasteiger partial charge is 0.187 e. The predicted octanol–water partition coefficient (Wildman–Crippen LogP) is 3.74. The molecule has 1 heteroatoms. The van der Waals surface area contributed by atoms with Gasteiger partial charge in [-0.1, -0.05) is 60.7 Å². The second-order valence-electron chi connectivity index (χ2n) is 4.22. The molecule has 1 nitrogen and oxygen atoms in total. The van der Waals surface area contributed by atoms with Gasteiger partial charge in [0.25, 0.3) is 0 Å². The lowest BCUT2D eigenvalue weighted by atomic mass is 9.96. The van der Waals surface area contributed by atoms with E-state index in [0.717, 1.165) is 22.3 Å². The van der Waals surface area contributed by atoms with E-state index >= 15 is 0 Å². The minimum atomic E-state index is 0.0834. The third kappa shape index (κ3) is 1.80. The first-order valence-corrected chi connectivity index (χ1v) is 5.94. The van der Waals surface area contributed by atoms with Crippen LogP contribution in [0.4, 0.5) is 0 Å².